The van der Waals surface area contributed by atoms with E-state index in [9.17, 15) is 0 Å². The van der Waals surface area contributed by atoms with Crippen LogP contribution in [0.3, 0.4) is 0 Å². The lowest BCUT2D eigenvalue weighted by Gasteiger charge is -2.14. The third-order valence-electron chi connectivity index (χ3n) is 3.45. The third-order valence-corrected chi connectivity index (χ3v) is 3.94. The zero-order valence-electron chi connectivity index (χ0n) is 12.7. The number of rotatable bonds is 10. The van der Waals surface area contributed by atoms with E-state index in [1.807, 2.05) is 12.1 Å². The second kappa shape index (κ2) is 10.2. The molecular weight excluding hydrogens is 318 g/mol. The van der Waals surface area contributed by atoms with Crippen molar-refractivity contribution in [1.29, 1.82) is 0 Å². The summed E-state index contributed by atoms with van der Waals surface area (Å²) >= 11 is 3.52. The van der Waals surface area contributed by atoms with E-state index in [0.29, 0.717) is 5.92 Å². The summed E-state index contributed by atoms with van der Waals surface area (Å²) in [5.74, 6) is 1.69. The standard InChI is InChI=1S/C16H26BrNO2/c1-13(8-9-18-10-11-19-2)4-5-14-12-15(17)6-7-16(14)20-3/h6-7,12-13,18H,4-5,8-11H2,1-3H3. The molecule has 1 rings (SSSR count). The van der Waals surface area contributed by atoms with Gasteiger partial charge < -0.3 is 14.8 Å². The van der Waals surface area contributed by atoms with Crippen LogP contribution in [0.25, 0.3) is 0 Å². The van der Waals surface area contributed by atoms with E-state index in [1.54, 1.807) is 14.2 Å². The first-order chi connectivity index (χ1) is 9.67. The van der Waals surface area contributed by atoms with Gasteiger partial charge in [-0.25, -0.2) is 0 Å². The average Bonchev–Trinajstić information content (AvgIpc) is 2.45. The molecule has 1 aromatic rings. The van der Waals surface area contributed by atoms with Gasteiger partial charge in [-0.1, -0.05) is 22.9 Å². The molecule has 0 radical (unpaired) electrons. The maximum atomic E-state index is 5.41. The summed E-state index contributed by atoms with van der Waals surface area (Å²) in [6.45, 7) is 5.08. The van der Waals surface area contributed by atoms with Crippen LogP contribution in [-0.2, 0) is 11.2 Å². The monoisotopic (exact) mass is 343 g/mol. The molecule has 20 heavy (non-hydrogen) atoms. The van der Waals surface area contributed by atoms with Crippen molar-refractivity contribution in [3.05, 3.63) is 28.2 Å². The van der Waals surface area contributed by atoms with Crippen LogP contribution in [0.1, 0.15) is 25.3 Å². The first-order valence-corrected chi connectivity index (χ1v) is 7.98. The summed E-state index contributed by atoms with van der Waals surface area (Å²) in [4.78, 5) is 0. The Morgan fingerprint density at radius 1 is 1.20 bits per heavy atom. The van der Waals surface area contributed by atoms with Crippen molar-refractivity contribution in [2.75, 3.05) is 33.9 Å². The lowest BCUT2D eigenvalue weighted by Crippen LogP contribution is -2.21. The topological polar surface area (TPSA) is 30.5 Å². The highest BCUT2D eigenvalue weighted by Gasteiger charge is 2.07. The maximum absolute atomic E-state index is 5.41. The maximum Gasteiger partial charge on any atom is 0.122 e. The van der Waals surface area contributed by atoms with Crippen molar-refractivity contribution in [2.45, 2.75) is 26.2 Å². The molecule has 0 saturated heterocycles. The van der Waals surface area contributed by atoms with E-state index in [2.05, 4.69) is 34.2 Å². The number of hydrogen-bond donors (Lipinski definition) is 1. The Bertz CT molecular complexity index is 385. The first-order valence-electron chi connectivity index (χ1n) is 7.19. The minimum absolute atomic E-state index is 0.703. The Balaban J connectivity index is 2.30. The third kappa shape index (κ3) is 6.73. The van der Waals surface area contributed by atoms with Crippen LogP contribution >= 0.6 is 15.9 Å². The number of nitrogens with one attached hydrogen (secondary N) is 1. The van der Waals surface area contributed by atoms with Crippen LogP contribution in [0.4, 0.5) is 0 Å². The van der Waals surface area contributed by atoms with Crippen LogP contribution in [0.15, 0.2) is 22.7 Å². The molecule has 0 fully saturated rings. The van der Waals surface area contributed by atoms with E-state index >= 15 is 0 Å². The predicted octanol–water partition coefficient (Wildman–Crippen LogP) is 3.65. The number of benzene rings is 1. The summed E-state index contributed by atoms with van der Waals surface area (Å²) in [7, 11) is 3.46. The van der Waals surface area contributed by atoms with Gasteiger partial charge >= 0.3 is 0 Å². The number of ether oxygens (including phenoxy) is 2. The molecule has 1 atom stereocenters. The molecule has 0 spiro atoms. The van der Waals surface area contributed by atoms with Crippen molar-refractivity contribution < 1.29 is 9.47 Å². The molecule has 0 aromatic heterocycles. The van der Waals surface area contributed by atoms with Crippen molar-refractivity contribution in [2.24, 2.45) is 5.92 Å². The van der Waals surface area contributed by atoms with Crippen molar-refractivity contribution in [3.63, 3.8) is 0 Å². The molecule has 1 N–H and O–H groups in total. The van der Waals surface area contributed by atoms with E-state index in [4.69, 9.17) is 9.47 Å². The van der Waals surface area contributed by atoms with Gasteiger partial charge in [0.1, 0.15) is 5.75 Å². The molecular formula is C16H26BrNO2. The van der Waals surface area contributed by atoms with Gasteiger partial charge in [0.15, 0.2) is 0 Å². The van der Waals surface area contributed by atoms with Crippen LogP contribution in [0.5, 0.6) is 5.75 Å². The predicted molar refractivity (Wildman–Crippen MR) is 87.5 cm³/mol. The molecule has 0 amide bonds. The van der Waals surface area contributed by atoms with Gasteiger partial charge in [-0.15, -0.1) is 0 Å². The smallest absolute Gasteiger partial charge is 0.122 e. The zero-order chi connectivity index (χ0) is 14.8. The second-order valence-corrected chi connectivity index (χ2v) is 6.05. The quantitative estimate of drug-likeness (QED) is 0.657. The van der Waals surface area contributed by atoms with Gasteiger partial charge in [-0.05, 0) is 55.5 Å². The van der Waals surface area contributed by atoms with E-state index in [0.717, 1.165) is 36.3 Å². The molecule has 0 saturated carbocycles. The highest BCUT2D eigenvalue weighted by atomic mass is 79.9. The molecule has 3 nitrogen and oxygen atoms in total. The Kier molecular flexibility index (Phi) is 8.90. The Labute approximate surface area is 131 Å². The van der Waals surface area contributed by atoms with Gasteiger partial charge in [0, 0.05) is 18.1 Å². The highest BCUT2D eigenvalue weighted by molar-refractivity contribution is 9.10. The fourth-order valence-corrected chi connectivity index (χ4v) is 2.54. The Morgan fingerprint density at radius 2 is 2.00 bits per heavy atom. The molecule has 1 unspecified atom stereocenters. The molecule has 4 heteroatoms. The first kappa shape index (κ1) is 17.5. The van der Waals surface area contributed by atoms with Gasteiger partial charge in [-0.3, -0.25) is 0 Å². The minimum atomic E-state index is 0.703. The highest BCUT2D eigenvalue weighted by Crippen LogP contribution is 2.25. The summed E-state index contributed by atoms with van der Waals surface area (Å²) in [5.41, 5.74) is 1.28. The van der Waals surface area contributed by atoms with Crippen LogP contribution in [-0.4, -0.2) is 33.9 Å². The van der Waals surface area contributed by atoms with E-state index < -0.39 is 0 Å². The SMILES string of the molecule is COCCNCCC(C)CCc1cc(Br)ccc1OC. The van der Waals surface area contributed by atoms with Gasteiger partial charge in [0.2, 0.25) is 0 Å². The molecule has 114 valence electrons. The van der Waals surface area contributed by atoms with Gasteiger partial charge in [-0.2, -0.15) is 0 Å². The fraction of sp³-hybridized carbons (Fsp3) is 0.625. The summed E-state index contributed by atoms with van der Waals surface area (Å²) in [6.07, 6.45) is 3.43. The van der Waals surface area contributed by atoms with Crippen molar-refractivity contribution >= 4 is 15.9 Å². The molecule has 0 aliphatic heterocycles. The average molecular weight is 344 g/mol. The molecule has 0 heterocycles. The normalized spacial score (nSPS) is 12.4. The van der Waals surface area contributed by atoms with Crippen LogP contribution in [0.2, 0.25) is 0 Å². The lowest BCUT2D eigenvalue weighted by atomic mass is 9.98. The minimum Gasteiger partial charge on any atom is -0.496 e. The van der Waals surface area contributed by atoms with Crippen molar-refractivity contribution in [3.8, 4) is 5.75 Å². The zero-order valence-corrected chi connectivity index (χ0v) is 14.3. The molecule has 0 aliphatic rings. The lowest BCUT2D eigenvalue weighted by molar-refractivity contribution is 0.199. The number of halogens is 1. The van der Waals surface area contributed by atoms with Gasteiger partial charge in [0.05, 0.1) is 13.7 Å². The number of methoxy groups -OCH3 is 2. The Morgan fingerprint density at radius 3 is 2.70 bits per heavy atom. The van der Waals surface area contributed by atoms with E-state index in [-0.39, 0.29) is 0 Å². The summed E-state index contributed by atoms with van der Waals surface area (Å²) < 4.78 is 11.5. The van der Waals surface area contributed by atoms with E-state index in [1.165, 1.54) is 18.4 Å². The second-order valence-electron chi connectivity index (χ2n) is 5.13. The number of hydrogen-bond acceptors (Lipinski definition) is 3. The van der Waals surface area contributed by atoms with Gasteiger partial charge in [0.25, 0.3) is 0 Å². The van der Waals surface area contributed by atoms with Crippen LogP contribution in [0, 0.1) is 5.92 Å². The summed E-state index contributed by atoms with van der Waals surface area (Å²) in [6, 6.07) is 6.20. The number of aryl methyl sites for hydroxylation is 1. The van der Waals surface area contributed by atoms with Crippen molar-refractivity contribution in [1.82, 2.24) is 5.32 Å². The van der Waals surface area contributed by atoms with Crippen LogP contribution < -0.4 is 10.1 Å². The summed E-state index contributed by atoms with van der Waals surface area (Å²) in [5, 5.41) is 3.39. The Hall–Kier alpha value is -0.580. The largest absolute Gasteiger partial charge is 0.496 e. The molecule has 0 bridgehead atoms. The molecule has 1 aromatic carbocycles. The fourth-order valence-electron chi connectivity index (χ4n) is 2.14. The molecule has 0 aliphatic carbocycles.